The van der Waals surface area contributed by atoms with Crippen LogP contribution in [0.4, 0.5) is 0 Å². The van der Waals surface area contributed by atoms with Crippen molar-refractivity contribution in [3.8, 4) is 5.75 Å². The lowest BCUT2D eigenvalue weighted by atomic mass is 10.1. The molecule has 27 heavy (non-hydrogen) atoms. The fourth-order valence-corrected chi connectivity index (χ4v) is 3.37. The molecule has 0 bridgehead atoms. The van der Waals surface area contributed by atoms with Crippen LogP contribution in [0.5, 0.6) is 5.75 Å². The topological polar surface area (TPSA) is 42.0 Å². The lowest BCUT2D eigenvalue weighted by molar-refractivity contribution is 0.0628. The number of carbonyl (C=O) groups excluding carboxylic acids is 1. The van der Waals surface area contributed by atoms with Crippen molar-refractivity contribution in [2.75, 3.05) is 39.9 Å². The maximum Gasteiger partial charge on any atom is 0.253 e. The van der Waals surface area contributed by atoms with Gasteiger partial charge in [0.2, 0.25) is 0 Å². The van der Waals surface area contributed by atoms with Crippen LogP contribution in [-0.4, -0.2) is 55.6 Å². The molecule has 0 aliphatic carbocycles. The van der Waals surface area contributed by atoms with Crippen molar-refractivity contribution in [1.82, 2.24) is 9.80 Å². The quantitative estimate of drug-likeness (QED) is 0.753. The molecule has 1 fully saturated rings. The van der Waals surface area contributed by atoms with E-state index in [4.69, 9.17) is 9.47 Å². The van der Waals surface area contributed by atoms with E-state index in [1.165, 1.54) is 5.56 Å². The lowest BCUT2D eigenvalue weighted by Gasteiger charge is -2.35. The monoisotopic (exact) mass is 368 g/mol. The number of carbonyl (C=O) groups is 1. The number of methoxy groups -OCH3 is 1. The van der Waals surface area contributed by atoms with Gasteiger partial charge in [0, 0.05) is 50.5 Å². The Balaban J connectivity index is 1.60. The molecule has 1 amide bonds. The lowest BCUT2D eigenvalue weighted by Crippen LogP contribution is -2.48. The molecule has 1 heterocycles. The van der Waals surface area contributed by atoms with Gasteiger partial charge < -0.3 is 14.4 Å². The van der Waals surface area contributed by atoms with Gasteiger partial charge in [-0.3, -0.25) is 9.69 Å². The highest BCUT2D eigenvalue weighted by Gasteiger charge is 2.23. The molecule has 3 rings (SSSR count). The third-order valence-corrected chi connectivity index (χ3v) is 4.90. The van der Waals surface area contributed by atoms with E-state index in [2.05, 4.69) is 29.2 Å². The summed E-state index contributed by atoms with van der Waals surface area (Å²) in [5, 5.41) is 0. The summed E-state index contributed by atoms with van der Waals surface area (Å²) in [6.45, 7) is 7.25. The molecule has 1 aliphatic heterocycles. The van der Waals surface area contributed by atoms with Crippen LogP contribution in [0.15, 0.2) is 48.5 Å². The summed E-state index contributed by atoms with van der Waals surface area (Å²) >= 11 is 0. The highest BCUT2D eigenvalue weighted by atomic mass is 16.5. The van der Waals surface area contributed by atoms with E-state index in [-0.39, 0.29) is 5.91 Å². The first-order valence-corrected chi connectivity index (χ1v) is 9.51. The van der Waals surface area contributed by atoms with Crippen molar-refractivity contribution in [3.63, 3.8) is 0 Å². The van der Waals surface area contributed by atoms with Crippen LogP contribution in [0.1, 0.15) is 28.4 Å². The number of nitrogens with zero attached hydrogens (tertiary/aromatic N) is 2. The SMILES string of the molecule is CCOCc1cc(C(=O)N2CCN(Cc3ccccc3)CC2)ccc1OC. The van der Waals surface area contributed by atoms with E-state index in [1.54, 1.807) is 7.11 Å². The number of hydrogen-bond donors (Lipinski definition) is 0. The first kappa shape index (κ1) is 19.4. The molecule has 0 atom stereocenters. The Morgan fingerprint density at radius 2 is 1.78 bits per heavy atom. The van der Waals surface area contributed by atoms with Crippen LogP contribution in [-0.2, 0) is 17.9 Å². The third-order valence-electron chi connectivity index (χ3n) is 4.90. The Bertz CT molecular complexity index is 740. The van der Waals surface area contributed by atoms with Crippen molar-refractivity contribution < 1.29 is 14.3 Å². The Morgan fingerprint density at radius 1 is 1.04 bits per heavy atom. The molecule has 144 valence electrons. The molecule has 0 N–H and O–H groups in total. The van der Waals surface area contributed by atoms with E-state index in [0.717, 1.165) is 44.0 Å². The Labute approximate surface area is 161 Å². The van der Waals surface area contributed by atoms with E-state index < -0.39 is 0 Å². The van der Waals surface area contributed by atoms with Gasteiger partial charge in [0.1, 0.15) is 5.75 Å². The van der Waals surface area contributed by atoms with E-state index in [9.17, 15) is 4.79 Å². The van der Waals surface area contributed by atoms with Crippen molar-refractivity contribution in [1.29, 1.82) is 0 Å². The average molecular weight is 368 g/mol. The smallest absolute Gasteiger partial charge is 0.253 e. The summed E-state index contributed by atoms with van der Waals surface area (Å²) in [5.41, 5.74) is 2.92. The van der Waals surface area contributed by atoms with Gasteiger partial charge in [-0.2, -0.15) is 0 Å². The van der Waals surface area contributed by atoms with Gasteiger partial charge in [-0.1, -0.05) is 30.3 Å². The molecule has 1 saturated heterocycles. The van der Waals surface area contributed by atoms with Crippen LogP contribution in [0.2, 0.25) is 0 Å². The van der Waals surface area contributed by atoms with Gasteiger partial charge in [0.25, 0.3) is 5.91 Å². The summed E-state index contributed by atoms with van der Waals surface area (Å²) in [7, 11) is 1.64. The van der Waals surface area contributed by atoms with Crippen molar-refractivity contribution in [2.24, 2.45) is 0 Å². The minimum absolute atomic E-state index is 0.0785. The first-order valence-electron chi connectivity index (χ1n) is 9.51. The Hall–Kier alpha value is -2.37. The predicted molar refractivity (Wildman–Crippen MR) is 106 cm³/mol. The standard InChI is InChI=1S/C22H28N2O3/c1-3-27-17-20-15-19(9-10-21(20)26-2)22(25)24-13-11-23(12-14-24)16-18-7-5-4-6-8-18/h4-10,15H,3,11-14,16-17H2,1-2H3. The number of piperazine rings is 1. The van der Waals surface area contributed by atoms with Gasteiger partial charge >= 0.3 is 0 Å². The predicted octanol–water partition coefficient (Wildman–Crippen LogP) is 3.19. The molecule has 5 nitrogen and oxygen atoms in total. The number of rotatable bonds is 7. The second kappa shape index (κ2) is 9.53. The summed E-state index contributed by atoms with van der Waals surface area (Å²) in [5.74, 6) is 0.836. The largest absolute Gasteiger partial charge is 0.496 e. The second-order valence-corrected chi connectivity index (χ2v) is 6.72. The fourth-order valence-electron chi connectivity index (χ4n) is 3.37. The Kier molecular flexibility index (Phi) is 6.85. The zero-order valence-corrected chi connectivity index (χ0v) is 16.2. The molecule has 0 aromatic heterocycles. The molecule has 1 aliphatic rings. The number of benzene rings is 2. The van der Waals surface area contributed by atoms with E-state index in [1.807, 2.05) is 36.1 Å². The summed E-state index contributed by atoms with van der Waals surface area (Å²) in [6, 6.07) is 16.1. The number of ether oxygens (including phenoxy) is 2. The average Bonchev–Trinajstić information content (AvgIpc) is 2.73. The van der Waals surface area contributed by atoms with E-state index >= 15 is 0 Å². The van der Waals surface area contributed by atoms with E-state index in [0.29, 0.717) is 18.8 Å². The van der Waals surface area contributed by atoms with Gasteiger partial charge in [0.05, 0.1) is 13.7 Å². The van der Waals surface area contributed by atoms with Gasteiger partial charge in [-0.15, -0.1) is 0 Å². The van der Waals surface area contributed by atoms with Crippen LogP contribution in [0, 0.1) is 0 Å². The normalized spacial score (nSPS) is 15.0. The van der Waals surface area contributed by atoms with Crippen molar-refractivity contribution >= 4 is 5.91 Å². The van der Waals surface area contributed by atoms with Crippen LogP contribution >= 0.6 is 0 Å². The Morgan fingerprint density at radius 3 is 2.44 bits per heavy atom. The fraction of sp³-hybridized carbons (Fsp3) is 0.409. The first-order chi connectivity index (χ1) is 13.2. The molecule has 2 aromatic carbocycles. The van der Waals surface area contributed by atoms with Crippen LogP contribution in [0.3, 0.4) is 0 Å². The molecule has 0 radical (unpaired) electrons. The number of amides is 1. The van der Waals surface area contributed by atoms with Gasteiger partial charge in [-0.05, 0) is 30.7 Å². The maximum atomic E-state index is 12.9. The van der Waals surface area contributed by atoms with Crippen molar-refractivity contribution in [2.45, 2.75) is 20.1 Å². The van der Waals surface area contributed by atoms with Gasteiger partial charge in [0.15, 0.2) is 0 Å². The zero-order chi connectivity index (χ0) is 19.1. The molecule has 0 unspecified atom stereocenters. The molecular formula is C22H28N2O3. The van der Waals surface area contributed by atoms with Crippen LogP contribution in [0.25, 0.3) is 0 Å². The van der Waals surface area contributed by atoms with Gasteiger partial charge in [-0.25, -0.2) is 0 Å². The number of hydrogen-bond acceptors (Lipinski definition) is 4. The summed E-state index contributed by atoms with van der Waals surface area (Å²) in [4.78, 5) is 17.3. The molecule has 0 saturated carbocycles. The summed E-state index contributed by atoms with van der Waals surface area (Å²) < 4.78 is 10.9. The molecule has 2 aromatic rings. The summed E-state index contributed by atoms with van der Waals surface area (Å²) in [6.07, 6.45) is 0. The van der Waals surface area contributed by atoms with Crippen LogP contribution < -0.4 is 4.74 Å². The molecular weight excluding hydrogens is 340 g/mol. The maximum absolute atomic E-state index is 12.9. The minimum Gasteiger partial charge on any atom is -0.496 e. The minimum atomic E-state index is 0.0785. The van der Waals surface area contributed by atoms with Crippen molar-refractivity contribution in [3.05, 3.63) is 65.2 Å². The second-order valence-electron chi connectivity index (χ2n) is 6.72. The highest BCUT2D eigenvalue weighted by molar-refractivity contribution is 5.94. The zero-order valence-electron chi connectivity index (χ0n) is 16.2. The highest BCUT2D eigenvalue weighted by Crippen LogP contribution is 2.22. The molecule has 5 heteroatoms. The third kappa shape index (κ3) is 5.08. The molecule has 0 spiro atoms.